The fraction of sp³-hybridized carbons (Fsp3) is 1.00. The third-order valence-electron chi connectivity index (χ3n) is 4.44. The molecule has 0 bridgehead atoms. The van der Waals surface area contributed by atoms with Crippen LogP contribution in [0.15, 0.2) is 0 Å². The largest absolute Gasteiger partial charge is 0.375 e. The highest BCUT2D eigenvalue weighted by Crippen LogP contribution is 2.20. The fourth-order valence-corrected chi connectivity index (χ4v) is 5.70. The van der Waals surface area contributed by atoms with Gasteiger partial charge in [0.2, 0.25) is 0 Å². The Morgan fingerprint density at radius 2 is 2.29 bits per heavy atom. The average Bonchev–Trinajstić information content (AvgIpc) is 2.49. The van der Waals surface area contributed by atoms with Crippen LogP contribution < -0.4 is 10.6 Å². The van der Waals surface area contributed by atoms with Crippen LogP contribution in [0.3, 0.4) is 0 Å². The highest BCUT2D eigenvalue weighted by Gasteiger charge is 2.27. The van der Waals surface area contributed by atoms with Crippen molar-refractivity contribution < 1.29 is 4.74 Å². The lowest BCUT2D eigenvalue weighted by atomic mass is 10.1. The van der Waals surface area contributed by atoms with Crippen molar-refractivity contribution in [3.8, 4) is 0 Å². The molecule has 3 heterocycles. The van der Waals surface area contributed by atoms with E-state index in [1.807, 2.05) is 0 Å². The predicted octanol–water partition coefficient (Wildman–Crippen LogP) is 0.876. The molecule has 3 rings (SSSR count). The second kappa shape index (κ2) is 8.41. The molecule has 2 N–H and O–H groups in total. The van der Waals surface area contributed by atoms with E-state index in [4.69, 9.17) is 4.74 Å². The van der Waals surface area contributed by atoms with Crippen molar-refractivity contribution in [2.45, 2.75) is 36.8 Å². The molecule has 4 atom stereocenters. The van der Waals surface area contributed by atoms with Crippen LogP contribution >= 0.6 is 23.5 Å². The Kier molecular flexibility index (Phi) is 6.57. The van der Waals surface area contributed by atoms with Crippen LogP contribution in [0.4, 0.5) is 0 Å². The lowest BCUT2D eigenvalue weighted by Crippen LogP contribution is -2.51. The highest BCUT2D eigenvalue weighted by atomic mass is 32.2. The molecule has 3 aliphatic heterocycles. The zero-order valence-electron chi connectivity index (χ0n) is 13.1. The standard InChI is InChI=1S/C15H29N3OS2/c1-12-10-20-11-13(17-12)6-14-8-18(3-4-19-14)9-15-7-16-2-5-21-15/h12-17H,2-11H2,1H3. The van der Waals surface area contributed by atoms with E-state index in [-0.39, 0.29) is 0 Å². The third-order valence-corrected chi connectivity index (χ3v) is 7.04. The van der Waals surface area contributed by atoms with Crippen LogP contribution in [0.25, 0.3) is 0 Å². The number of rotatable bonds is 4. The van der Waals surface area contributed by atoms with Gasteiger partial charge in [-0.15, -0.1) is 0 Å². The summed E-state index contributed by atoms with van der Waals surface area (Å²) >= 11 is 4.22. The number of nitrogens with one attached hydrogen (secondary N) is 2. The summed E-state index contributed by atoms with van der Waals surface area (Å²) in [5, 5.41) is 8.01. The quantitative estimate of drug-likeness (QED) is 0.796. The Labute approximate surface area is 137 Å². The van der Waals surface area contributed by atoms with Crippen molar-refractivity contribution in [1.29, 1.82) is 0 Å². The molecule has 3 aliphatic rings. The monoisotopic (exact) mass is 331 g/mol. The van der Waals surface area contributed by atoms with Gasteiger partial charge in [-0.1, -0.05) is 0 Å². The molecule has 21 heavy (non-hydrogen) atoms. The van der Waals surface area contributed by atoms with Crippen LogP contribution in [0, 0.1) is 0 Å². The number of hydrogen-bond acceptors (Lipinski definition) is 6. The number of thioether (sulfide) groups is 2. The van der Waals surface area contributed by atoms with Gasteiger partial charge in [-0.3, -0.25) is 4.90 Å². The summed E-state index contributed by atoms with van der Waals surface area (Å²) < 4.78 is 6.02. The van der Waals surface area contributed by atoms with Crippen molar-refractivity contribution in [1.82, 2.24) is 15.5 Å². The summed E-state index contributed by atoms with van der Waals surface area (Å²) in [6.07, 6.45) is 1.59. The van der Waals surface area contributed by atoms with Crippen molar-refractivity contribution in [3.05, 3.63) is 0 Å². The molecular formula is C15H29N3OS2. The van der Waals surface area contributed by atoms with Gasteiger partial charge in [0.25, 0.3) is 0 Å². The van der Waals surface area contributed by atoms with Gasteiger partial charge < -0.3 is 15.4 Å². The Bertz CT molecular complexity index is 315. The van der Waals surface area contributed by atoms with Gasteiger partial charge in [0, 0.05) is 67.3 Å². The molecule has 0 aromatic rings. The molecule has 0 aliphatic carbocycles. The molecule has 0 aromatic carbocycles. The fourth-order valence-electron chi connectivity index (χ4n) is 3.45. The molecule has 0 spiro atoms. The Hall–Kier alpha value is 0.540. The second-order valence-corrected chi connectivity index (χ2v) is 8.97. The molecule has 3 saturated heterocycles. The molecule has 4 unspecified atom stereocenters. The Morgan fingerprint density at radius 3 is 3.10 bits per heavy atom. The van der Waals surface area contributed by atoms with E-state index >= 15 is 0 Å². The minimum absolute atomic E-state index is 0.420. The molecule has 4 nitrogen and oxygen atoms in total. The van der Waals surface area contributed by atoms with Gasteiger partial charge in [-0.2, -0.15) is 23.5 Å². The first-order valence-corrected chi connectivity index (χ1v) is 10.5. The van der Waals surface area contributed by atoms with E-state index in [1.165, 1.54) is 43.3 Å². The maximum Gasteiger partial charge on any atom is 0.0717 e. The summed E-state index contributed by atoms with van der Waals surface area (Å²) in [5.74, 6) is 3.76. The normalized spacial score (nSPS) is 39.3. The van der Waals surface area contributed by atoms with Crippen LogP contribution in [0.1, 0.15) is 13.3 Å². The van der Waals surface area contributed by atoms with Crippen molar-refractivity contribution in [3.63, 3.8) is 0 Å². The van der Waals surface area contributed by atoms with Crippen LogP contribution in [-0.4, -0.2) is 84.9 Å². The minimum atomic E-state index is 0.420. The maximum atomic E-state index is 6.02. The second-order valence-electron chi connectivity index (χ2n) is 6.49. The predicted molar refractivity (Wildman–Crippen MR) is 93.6 cm³/mol. The summed E-state index contributed by atoms with van der Waals surface area (Å²) in [6, 6.07) is 1.28. The molecular weight excluding hydrogens is 302 g/mol. The zero-order chi connectivity index (χ0) is 14.5. The summed E-state index contributed by atoms with van der Waals surface area (Å²) in [7, 11) is 0. The number of nitrogens with zero attached hydrogens (tertiary/aromatic N) is 1. The lowest BCUT2D eigenvalue weighted by Gasteiger charge is -2.38. The van der Waals surface area contributed by atoms with Crippen molar-refractivity contribution in [2.75, 3.05) is 56.6 Å². The maximum absolute atomic E-state index is 6.02. The SMILES string of the molecule is CC1CSCC(CC2CN(CC3CNCCS3)CCO2)N1. The first-order chi connectivity index (χ1) is 10.3. The van der Waals surface area contributed by atoms with Crippen molar-refractivity contribution >= 4 is 23.5 Å². The van der Waals surface area contributed by atoms with E-state index in [0.717, 1.165) is 24.9 Å². The van der Waals surface area contributed by atoms with E-state index in [0.29, 0.717) is 18.2 Å². The van der Waals surface area contributed by atoms with Gasteiger partial charge in [0.15, 0.2) is 0 Å². The van der Waals surface area contributed by atoms with Crippen LogP contribution in [0.2, 0.25) is 0 Å². The average molecular weight is 332 g/mol. The van der Waals surface area contributed by atoms with E-state index < -0.39 is 0 Å². The molecule has 0 radical (unpaired) electrons. The molecule has 122 valence electrons. The number of morpholine rings is 1. The first-order valence-electron chi connectivity index (χ1n) is 8.29. The number of hydrogen-bond donors (Lipinski definition) is 2. The molecule has 0 amide bonds. The summed E-state index contributed by atoms with van der Waals surface area (Å²) in [5.41, 5.74) is 0. The Morgan fingerprint density at radius 1 is 1.33 bits per heavy atom. The minimum Gasteiger partial charge on any atom is -0.375 e. The summed E-state index contributed by atoms with van der Waals surface area (Å²) in [4.78, 5) is 2.62. The molecule has 3 fully saturated rings. The third kappa shape index (κ3) is 5.29. The molecule has 6 heteroatoms. The van der Waals surface area contributed by atoms with Crippen LogP contribution in [0.5, 0.6) is 0 Å². The topological polar surface area (TPSA) is 36.5 Å². The van der Waals surface area contributed by atoms with Gasteiger partial charge in [0.1, 0.15) is 0 Å². The Balaban J connectivity index is 1.42. The number of ether oxygens (including phenoxy) is 1. The van der Waals surface area contributed by atoms with Gasteiger partial charge in [-0.05, 0) is 13.3 Å². The summed E-state index contributed by atoms with van der Waals surface area (Å²) in [6.45, 7) is 9.00. The van der Waals surface area contributed by atoms with Gasteiger partial charge >= 0.3 is 0 Å². The van der Waals surface area contributed by atoms with Gasteiger partial charge in [-0.25, -0.2) is 0 Å². The van der Waals surface area contributed by atoms with Crippen molar-refractivity contribution in [2.24, 2.45) is 0 Å². The molecule has 0 saturated carbocycles. The smallest absolute Gasteiger partial charge is 0.0717 e. The highest BCUT2D eigenvalue weighted by molar-refractivity contribution is 8.00. The molecule has 0 aromatic heterocycles. The van der Waals surface area contributed by atoms with E-state index in [2.05, 4.69) is 46.0 Å². The first kappa shape index (κ1) is 16.4. The zero-order valence-corrected chi connectivity index (χ0v) is 14.7. The van der Waals surface area contributed by atoms with E-state index in [9.17, 15) is 0 Å². The van der Waals surface area contributed by atoms with Gasteiger partial charge in [0.05, 0.1) is 12.7 Å². The van der Waals surface area contributed by atoms with E-state index in [1.54, 1.807) is 0 Å². The lowest BCUT2D eigenvalue weighted by molar-refractivity contribution is -0.0354. The van der Waals surface area contributed by atoms with Crippen LogP contribution in [-0.2, 0) is 4.74 Å².